The molecule has 2 atom stereocenters. The zero-order valence-corrected chi connectivity index (χ0v) is 10.5. The Balaban J connectivity index is 2.05. The highest BCUT2D eigenvalue weighted by Crippen LogP contribution is 2.39. The van der Waals surface area contributed by atoms with E-state index in [9.17, 15) is 4.79 Å². The van der Waals surface area contributed by atoms with Gasteiger partial charge in [0.1, 0.15) is 5.54 Å². The van der Waals surface area contributed by atoms with Crippen LogP contribution in [0.3, 0.4) is 0 Å². The third-order valence-corrected chi connectivity index (χ3v) is 3.30. The van der Waals surface area contributed by atoms with E-state index in [0.29, 0.717) is 11.3 Å². The van der Waals surface area contributed by atoms with Crippen LogP contribution in [0.5, 0.6) is 0 Å². The first kappa shape index (κ1) is 8.53. The van der Waals surface area contributed by atoms with Gasteiger partial charge in [-0.2, -0.15) is 0 Å². The van der Waals surface area contributed by atoms with Crippen molar-refractivity contribution in [2.24, 2.45) is 0 Å². The molecule has 2 aliphatic rings. The van der Waals surface area contributed by atoms with Crippen LogP contribution >= 0.6 is 0 Å². The molecule has 0 aromatic heterocycles. The Morgan fingerprint density at radius 1 is 1.72 bits per heavy atom. The fourth-order valence-electron chi connectivity index (χ4n) is 2.41. The minimum Gasteiger partial charge on any atom is -0.465 e. The van der Waals surface area contributed by atoms with Gasteiger partial charge in [0, 0.05) is 2.74 Å². The molecule has 96 valence electrons. The predicted octanol–water partition coefficient (Wildman–Crippen LogP) is 1.65. The molecule has 0 bridgehead atoms. The second-order valence-electron chi connectivity index (χ2n) is 4.77. The van der Waals surface area contributed by atoms with Crippen molar-refractivity contribution in [1.82, 2.24) is 5.43 Å². The van der Waals surface area contributed by atoms with Gasteiger partial charge in [0.15, 0.2) is 0 Å². The Morgan fingerprint density at radius 3 is 3.28 bits per heavy atom. The third-order valence-electron chi connectivity index (χ3n) is 3.30. The van der Waals surface area contributed by atoms with Gasteiger partial charge in [0.05, 0.1) is 19.7 Å². The van der Waals surface area contributed by atoms with Crippen molar-refractivity contribution in [2.45, 2.75) is 38.2 Å². The van der Waals surface area contributed by atoms with Crippen molar-refractivity contribution in [3.63, 3.8) is 0 Å². The summed E-state index contributed by atoms with van der Waals surface area (Å²) in [6.07, 6.45) is -1.86. The standard InChI is InChI=1S/C14H18N2O2/c1-3-18-13(17)14(2)9-11-8-10-6-4-5-7-12(10)16(11)15-14/h4-7,11,15H,3,8-9H2,1-2H3/t11-,14-/m1/s1/i8D2,11D. The van der Waals surface area contributed by atoms with E-state index >= 15 is 0 Å². The highest BCUT2D eigenvalue weighted by Gasteiger charge is 2.49. The highest BCUT2D eigenvalue weighted by molar-refractivity contribution is 5.82. The molecule has 0 unspecified atom stereocenters. The first-order valence-corrected chi connectivity index (χ1v) is 6.11. The molecule has 4 nitrogen and oxygen atoms in total. The van der Waals surface area contributed by atoms with Crippen molar-refractivity contribution in [1.29, 1.82) is 0 Å². The molecule has 0 spiro atoms. The summed E-state index contributed by atoms with van der Waals surface area (Å²) in [4.78, 5) is 12.1. The lowest BCUT2D eigenvalue weighted by molar-refractivity contribution is -0.149. The highest BCUT2D eigenvalue weighted by atomic mass is 16.5. The lowest BCUT2D eigenvalue weighted by atomic mass is 9.94. The summed E-state index contributed by atoms with van der Waals surface area (Å²) >= 11 is 0. The Labute approximate surface area is 111 Å². The van der Waals surface area contributed by atoms with Crippen LogP contribution in [0, 0.1) is 0 Å². The number of ether oxygens (including phenoxy) is 1. The van der Waals surface area contributed by atoms with Gasteiger partial charge in [-0.1, -0.05) is 18.2 Å². The smallest absolute Gasteiger partial charge is 0.327 e. The van der Waals surface area contributed by atoms with Crippen molar-refractivity contribution >= 4 is 11.7 Å². The van der Waals surface area contributed by atoms with Gasteiger partial charge in [-0.3, -0.25) is 0 Å². The van der Waals surface area contributed by atoms with Crippen LogP contribution in [0.2, 0.25) is 0 Å². The summed E-state index contributed by atoms with van der Waals surface area (Å²) in [5.74, 6) is -0.459. The summed E-state index contributed by atoms with van der Waals surface area (Å²) in [5, 5.41) is 1.47. The van der Waals surface area contributed by atoms with E-state index in [4.69, 9.17) is 8.85 Å². The molecular weight excluding hydrogens is 228 g/mol. The number of anilines is 1. The van der Waals surface area contributed by atoms with Gasteiger partial charge < -0.3 is 9.75 Å². The van der Waals surface area contributed by atoms with Crippen molar-refractivity contribution in [2.75, 3.05) is 11.6 Å². The van der Waals surface area contributed by atoms with Gasteiger partial charge in [-0.25, -0.2) is 10.2 Å². The monoisotopic (exact) mass is 249 g/mol. The number of fused-ring (bicyclic) bond motifs is 3. The number of benzene rings is 1. The minimum atomic E-state index is -1.87. The first-order valence-electron chi connectivity index (χ1n) is 7.61. The molecule has 1 N–H and O–H groups in total. The maximum atomic E-state index is 12.1. The van der Waals surface area contributed by atoms with Gasteiger partial charge in [-0.15, -0.1) is 0 Å². The summed E-state index contributed by atoms with van der Waals surface area (Å²) in [7, 11) is 0. The molecule has 0 radical (unpaired) electrons. The van der Waals surface area contributed by atoms with E-state index in [1.54, 1.807) is 38.1 Å². The fourth-order valence-corrected chi connectivity index (χ4v) is 2.41. The molecule has 0 aliphatic carbocycles. The number of hydrogen-bond donors (Lipinski definition) is 1. The fraction of sp³-hybridized carbons (Fsp3) is 0.500. The SMILES string of the molecule is [2H]C1([2H])c2ccccc2N2N[C@@](C)(C(=O)OCC)C[C@]21[2H]. The van der Waals surface area contributed by atoms with E-state index in [-0.39, 0.29) is 13.0 Å². The Morgan fingerprint density at radius 2 is 2.50 bits per heavy atom. The Bertz CT molecular complexity index is 610. The number of esters is 1. The summed E-state index contributed by atoms with van der Waals surface area (Å²) in [6.45, 7) is 3.63. The molecule has 1 aromatic rings. The van der Waals surface area contributed by atoms with E-state index in [0.717, 1.165) is 0 Å². The van der Waals surface area contributed by atoms with Crippen LogP contribution in [0.25, 0.3) is 0 Å². The van der Waals surface area contributed by atoms with Crippen LogP contribution in [-0.2, 0) is 15.9 Å². The Hall–Kier alpha value is -1.55. The molecular formula is C14H18N2O2. The largest absolute Gasteiger partial charge is 0.465 e. The number of nitrogens with one attached hydrogen (secondary N) is 1. The van der Waals surface area contributed by atoms with Crippen LogP contribution in [0.1, 0.15) is 29.9 Å². The van der Waals surface area contributed by atoms with Crippen molar-refractivity contribution < 1.29 is 13.6 Å². The van der Waals surface area contributed by atoms with Gasteiger partial charge in [-0.05, 0) is 38.3 Å². The average molecular weight is 249 g/mol. The molecule has 1 saturated heterocycles. The van der Waals surface area contributed by atoms with Gasteiger partial charge in [0.2, 0.25) is 0 Å². The van der Waals surface area contributed by atoms with E-state index in [2.05, 4.69) is 5.43 Å². The molecule has 4 heteroatoms. The average Bonchev–Trinajstić information content (AvgIpc) is 2.80. The normalized spacial score (nSPS) is 38.3. The van der Waals surface area contributed by atoms with Crippen LogP contribution in [0.4, 0.5) is 5.69 Å². The van der Waals surface area contributed by atoms with Crippen LogP contribution < -0.4 is 10.4 Å². The number of hydrazine groups is 1. The quantitative estimate of drug-likeness (QED) is 0.809. The molecule has 0 amide bonds. The van der Waals surface area contributed by atoms with Crippen LogP contribution in [-0.4, -0.2) is 24.1 Å². The topological polar surface area (TPSA) is 41.6 Å². The summed E-state index contributed by atoms with van der Waals surface area (Å²) in [6, 6.07) is 5.42. The molecule has 18 heavy (non-hydrogen) atoms. The molecule has 2 heterocycles. The zero-order chi connectivity index (χ0) is 15.5. The molecule has 2 aliphatic heterocycles. The maximum Gasteiger partial charge on any atom is 0.327 e. The molecule has 1 aromatic carbocycles. The number of carbonyl (C=O) groups excluding carboxylic acids is 1. The molecule has 3 rings (SSSR count). The van der Waals surface area contributed by atoms with E-state index in [1.165, 1.54) is 5.01 Å². The number of hydrogen-bond acceptors (Lipinski definition) is 4. The lowest BCUT2D eigenvalue weighted by Gasteiger charge is -2.25. The zero-order valence-electron chi connectivity index (χ0n) is 13.5. The maximum absolute atomic E-state index is 12.1. The van der Waals surface area contributed by atoms with Crippen LogP contribution in [0.15, 0.2) is 24.3 Å². The van der Waals surface area contributed by atoms with E-state index < -0.39 is 23.9 Å². The summed E-state index contributed by atoms with van der Waals surface area (Å²) in [5.41, 5.74) is 2.97. The predicted molar refractivity (Wildman–Crippen MR) is 69.2 cm³/mol. The second-order valence-corrected chi connectivity index (χ2v) is 4.77. The minimum absolute atomic E-state index is 0.0144. The van der Waals surface area contributed by atoms with Gasteiger partial charge in [0.25, 0.3) is 0 Å². The van der Waals surface area contributed by atoms with E-state index in [1.807, 2.05) is 0 Å². The molecule has 0 saturated carbocycles. The Kier molecular flexibility index (Phi) is 1.89. The second kappa shape index (κ2) is 3.99. The third kappa shape index (κ3) is 1.60. The number of rotatable bonds is 2. The van der Waals surface area contributed by atoms with Crippen molar-refractivity contribution in [3.05, 3.63) is 29.8 Å². The number of nitrogens with zero attached hydrogens (tertiary/aromatic N) is 1. The number of para-hydroxylation sites is 1. The first-order chi connectivity index (χ1) is 9.76. The van der Waals surface area contributed by atoms with Gasteiger partial charge >= 0.3 is 5.97 Å². The molecule has 1 fully saturated rings. The number of carbonyl (C=O) groups is 1. The summed E-state index contributed by atoms with van der Waals surface area (Å²) < 4.78 is 30.4. The van der Waals surface area contributed by atoms with Crippen molar-refractivity contribution in [3.8, 4) is 0 Å². The lowest BCUT2D eigenvalue weighted by Crippen LogP contribution is -2.50.